The molecule has 1 aromatic heterocycles. The Hall–Kier alpha value is -4.41. The second-order valence-corrected chi connectivity index (χ2v) is 6.99. The number of fused-ring (bicyclic) bond motifs is 2. The number of aromatic hydroxyl groups is 1. The number of hydrogen-bond donors (Lipinski definition) is 2. The molecule has 0 bridgehead atoms. The molecule has 0 fully saturated rings. The minimum Gasteiger partial charge on any atom is -0.493 e. The first kappa shape index (κ1) is 21.8. The van der Waals surface area contributed by atoms with Gasteiger partial charge in [0.05, 0.1) is 12.6 Å². The Kier molecular flexibility index (Phi) is 6.20. The molecule has 2 amide bonds. The molecule has 0 aliphatic carbocycles. The van der Waals surface area contributed by atoms with E-state index in [1.54, 1.807) is 36.4 Å². The van der Waals surface area contributed by atoms with Crippen molar-refractivity contribution in [2.45, 2.75) is 6.54 Å². The number of rotatable bonds is 6. The van der Waals surface area contributed by atoms with Gasteiger partial charge in [0.2, 0.25) is 5.88 Å². The van der Waals surface area contributed by atoms with Crippen LogP contribution in [0.2, 0.25) is 0 Å². The minimum absolute atomic E-state index is 0.0287. The number of amides is 2. The van der Waals surface area contributed by atoms with Crippen LogP contribution >= 0.6 is 0 Å². The van der Waals surface area contributed by atoms with Crippen LogP contribution in [0.1, 0.15) is 10.4 Å². The molecule has 0 atom stereocenters. The number of aromatic nitrogens is 1. The molecule has 170 valence electrons. The van der Waals surface area contributed by atoms with Crippen LogP contribution < -0.4 is 14.8 Å². The van der Waals surface area contributed by atoms with Crippen molar-refractivity contribution >= 4 is 34.4 Å². The Bertz CT molecular complexity index is 1270. The average Bonchev–Trinajstić information content (AvgIpc) is 3.11. The van der Waals surface area contributed by atoms with Gasteiger partial charge < -0.3 is 24.6 Å². The molecule has 0 saturated carbocycles. The quantitative estimate of drug-likeness (QED) is 0.432. The van der Waals surface area contributed by atoms with Crippen molar-refractivity contribution in [1.82, 2.24) is 9.88 Å². The van der Waals surface area contributed by atoms with Gasteiger partial charge in [0.15, 0.2) is 17.2 Å². The molecule has 0 unspecified atom stereocenters. The van der Waals surface area contributed by atoms with Crippen molar-refractivity contribution in [2.24, 2.45) is 10.2 Å². The summed E-state index contributed by atoms with van der Waals surface area (Å²) in [6.07, 6.45) is 0. The van der Waals surface area contributed by atoms with Gasteiger partial charge in [-0.2, -0.15) is 0 Å². The van der Waals surface area contributed by atoms with Crippen LogP contribution in [0.3, 0.4) is 0 Å². The van der Waals surface area contributed by atoms with Crippen molar-refractivity contribution in [2.75, 3.05) is 26.9 Å². The first-order valence-electron chi connectivity index (χ1n) is 9.97. The summed E-state index contributed by atoms with van der Waals surface area (Å²) < 4.78 is 16.8. The molecule has 0 saturated heterocycles. The lowest BCUT2D eigenvalue weighted by atomic mass is 10.2. The predicted octanol–water partition coefficient (Wildman–Crippen LogP) is 2.33. The van der Waals surface area contributed by atoms with E-state index in [0.717, 1.165) is 0 Å². The number of carbonyl (C=O) groups excluding carboxylic acids is 3. The zero-order chi connectivity index (χ0) is 23.4. The molecule has 11 nitrogen and oxygen atoms in total. The SMILES string of the molecule is COC(=O)Cn1c(O)c(N=NC(=O)CNC(=O)c2ccc3c(c2)OCCO3)c2ccccc21. The van der Waals surface area contributed by atoms with E-state index in [2.05, 4.69) is 20.3 Å². The summed E-state index contributed by atoms with van der Waals surface area (Å²) in [7, 11) is 1.24. The lowest BCUT2D eigenvalue weighted by molar-refractivity contribution is -0.141. The fraction of sp³-hybridized carbons (Fsp3) is 0.227. The van der Waals surface area contributed by atoms with Gasteiger partial charge in [-0.1, -0.05) is 18.2 Å². The normalized spacial score (nSPS) is 12.6. The van der Waals surface area contributed by atoms with Gasteiger partial charge in [-0.25, -0.2) is 0 Å². The number of azo groups is 1. The van der Waals surface area contributed by atoms with Crippen LogP contribution in [-0.4, -0.2) is 54.3 Å². The molecule has 2 aromatic carbocycles. The van der Waals surface area contributed by atoms with Gasteiger partial charge in [0, 0.05) is 10.9 Å². The van der Waals surface area contributed by atoms with Crippen LogP contribution in [0, 0.1) is 0 Å². The highest BCUT2D eigenvalue weighted by Gasteiger charge is 2.19. The molecule has 2 heterocycles. The number of nitrogens with zero attached hydrogens (tertiary/aromatic N) is 3. The summed E-state index contributed by atoms with van der Waals surface area (Å²) in [4.78, 5) is 36.2. The highest BCUT2D eigenvalue weighted by atomic mass is 16.6. The maximum Gasteiger partial charge on any atom is 0.325 e. The van der Waals surface area contributed by atoms with Crippen molar-refractivity contribution in [3.63, 3.8) is 0 Å². The van der Waals surface area contributed by atoms with Gasteiger partial charge >= 0.3 is 5.97 Å². The molecule has 1 aliphatic rings. The molecular weight excluding hydrogens is 432 g/mol. The fourth-order valence-corrected chi connectivity index (χ4v) is 3.31. The Labute approximate surface area is 187 Å². The largest absolute Gasteiger partial charge is 0.493 e. The zero-order valence-corrected chi connectivity index (χ0v) is 17.6. The predicted molar refractivity (Wildman–Crippen MR) is 115 cm³/mol. The second-order valence-electron chi connectivity index (χ2n) is 6.99. The van der Waals surface area contributed by atoms with Crippen molar-refractivity contribution in [1.29, 1.82) is 0 Å². The van der Waals surface area contributed by atoms with Crippen LogP contribution in [0.4, 0.5) is 5.69 Å². The Morgan fingerprint density at radius 1 is 1.12 bits per heavy atom. The van der Waals surface area contributed by atoms with E-state index >= 15 is 0 Å². The van der Waals surface area contributed by atoms with Crippen LogP contribution in [0.25, 0.3) is 10.9 Å². The Morgan fingerprint density at radius 2 is 1.88 bits per heavy atom. The van der Waals surface area contributed by atoms with E-state index in [-0.39, 0.29) is 18.1 Å². The first-order valence-corrected chi connectivity index (χ1v) is 9.97. The van der Waals surface area contributed by atoms with Gasteiger partial charge in [-0.15, -0.1) is 10.2 Å². The highest BCUT2D eigenvalue weighted by Crippen LogP contribution is 2.38. The summed E-state index contributed by atoms with van der Waals surface area (Å²) in [6, 6.07) is 11.5. The molecule has 1 aliphatic heterocycles. The molecule has 0 spiro atoms. The van der Waals surface area contributed by atoms with E-state index < -0.39 is 24.3 Å². The molecule has 2 N–H and O–H groups in total. The Balaban J connectivity index is 1.45. The maximum absolute atomic E-state index is 12.4. The third kappa shape index (κ3) is 4.61. The number of nitrogens with one attached hydrogen (secondary N) is 1. The lowest BCUT2D eigenvalue weighted by Crippen LogP contribution is -2.28. The molecule has 33 heavy (non-hydrogen) atoms. The van der Waals surface area contributed by atoms with E-state index in [4.69, 9.17) is 9.47 Å². The molecular formula is C22H20N4O7. The number of benzene rings is 2. The number of para-hydroxylation sites is 1. The topological polar surface area (TPSA) is 141 Å². The highest BCUT2D eigenvalue weighted by molar-refractivity contribution is 5.98. The monoisotopic (exact) mass is 452 g/mol. The number of hydrogen-bond acceptors (Lipinski definition) is 8. The minimum atomic E-state index is -0.731. The zero-order valence-electron chi connectivity index (χ0n) is 17.6. The van der Waals surface area contributed by atoms with Crippen molar-refractivity contribution in [3.05, 3.63) is 48.0 Å². The summed E-state index contributed by atoms with van der Waals surface area (Å²) in [5, 5.41) is 20.9. The van der Waals surface area contributed by atoms with Gasteiger partial charge in [0.25, 0.3) is 11.8 Å². The molecule has 4 rings (SSSR count). The number of ether oxygens (including phenoxy) is 3. The van der Waals surface area contributed by atoms with E-state index in [1.165, 1.54) is 17.7 Å². The molecule has 3 aromatic rings. The third-order valence-electron chi connectivity index (χ3n) is 4.90. The second kappa shape index (κ2) is 9.39. The lowest BCUT2D eigenvalue weighted by Gasteiger charge is -2.18. The standard InChI is InChI=1S/C22H20N4O7/c1-31-19(28)12-26-15-5-3-2-4-14(15)20(22(26)30)25-24-18(27)11-23-21(29)13-6-7-16-17(10-13)33-9-8-32-16/h2-7,10,30H,8-9,11-12H2,1H3,(H,23,29). The van der Waals surface area contributed by atoms with E-state index in [9.17, 15) is 19.5 Å². The number of esters is 1. The van der Waals surface area contributed by atoms with Crippen molar-refractivity contribution < 1.29 is 33.7 Å². The summed E-state index contributed by atoms with van der Waals surface area (Å²) in [6.45, 7) is 0.186. The van der Waals surface area contributed by atoms with Gasteiger partial charge in [-0.05, 0) is 24.3 Å². The summed E-state index contributed by atoms with van der Waals surface area (Å²) >= 11 is 0. The summed E-state index contributed by atoms with van der Waals surface area (Å²) in [5.41, 5.74) is 0.849. The van der Waals surface area contributed by atoms with Crippen molar-refractivity contribution in [3.8, 4) is 17.4 Å². The first-order chi connectivity index (χ1) is 16.0. The average molecular weight is 452 g/mol. The van der Waals surface area contributed by atoms with Gasteiger partial charge in [0.1, 0.15) is 26.3 Å². The Morgan fingerprint density at radius 3 is 2.67 bits per heavy atom. The summed E-state index contributed by atoms with van der Waals surface area (Å²) in [5.74, 6) is -1.11. The van der Waals surface area contributed by atoms with Crippen LogP contribution in [0.15, 0.2) is 52.7 Å². The molecule has 11 heteroatoms. The maximum atomic E-state index is 12.4. The number of methoxy groups -OCH3 is 1. The fourth-order valence-electron chi connectivity index (χ4n) is 3.31. The smallest absolute Gasteiger partial charge is 0.325 e. The third-order valence-corrected chi connectivity index (χ3v) is 4.90. The molecule has 0 radical (unpaired) electrons. The van der Waals surface area contributed by atoms with Crippen LogP contribution in [-0.2, 0) is 20.9 Å². The number of carbonyl (C=O) groups is 3. The van der Waals surface area contributed by atoms with E-state index in [0.29, 0.717) is 41.2 Å². The van der Waals surface area contributed by atoms with E-state index in [1.807, 2.05) is 0 Å². The van der Waals surface area contributed by atoms with Crippen LogP contribution in [0.5, 0.6) is 17.4 Å². The van der Waals surface area contributed by atoms with Gasteiger partial charge in [-0.3, -0.25) is 19.0 Å².